The lowest BCUT2D eigenvalue weighted by Gasteiger charge is -2.35. The fourth-order valence-corrected chi connectivity index (χ4v) is 4.67. The van der Waals surface area contributed by atoms with Crippen LogP contribution in [-0.2, 0) is 18.1 Å². The Balaban J connectivity index is 5.20. The first kappa shape index (κ1) is 19.5. The van der Waals surface area contributed by atoms with Gasteiger partial charge in [-0.05, 0) is 41.0 Å². The molecule has 0 spiro atoms. The Labute approximate surface area is 122 Å². The Hall–Kier alpha value is -0.503. The number of nitrogens with one attached hydrogen (secondary N) is 1. The Morgan fingerprint density at radius 1 is 1.10 bits per heavy atom. The highest BCUT2D eigenvalue weighted by Gasteiger charge is 2.50. The number of halogens is 1. The van der Waals surface area contributed by atoms with Crippen LogP contribution in [0.2, 0.25) is 0 Å². The fourth-order valence-electron chi connectivity index (χ4n) is 1.80. The summed E-state index contributed by atoms with van der Waals surface area (Å²) in [5.74, 6) is -0.680. The fraction of sp³-hybridized carbons (Fsp3) is 0.923. The topological polar surface area (TPSA) is 56.8 Å². The third kappa shape index (κ3) is 5.47. The Kier molecular flexibility index (Phi) is 8.49. The van der Waals surface area contributed by atoms with Crippen LogP contribution in [-0.4, -0.2) is 45.9 Å². The molecule has 1 unspecified atom stereocenters. The van der Waals surface area contributed by atoms with Crippen LogP contribution in [0.15, 0.2) is 0 Å². The zero-order chi connectivity index (χ0) is 15.8. The van der Waals surface area contributed by atoms with Gasteiger partial charge in [-0.15, -0.1) is 0 Å². The van der Waals surface area contributed by atoms with Crippen LogP contribution in [0.4, 0.5) is 4.39 Å². The lowest BCUT2D eigenvalue weighted by atomic mass is 10.1. The zero-order valence-corrected chi connectivity index (χ0v) is 14.4. The van der Waals surface area contributed by atoms with E-state index >= 15 is 0 Å². The second kappa shape index (κ2) is 8.71. The van der Waals surface area contributed by atoms with E-state index in [-0.39, 0.29) is 0 Å². The van der Waals surface area contributed by atoms with E-state index in [0.29, 0.717) is 26.2 Å². The molecule has 1 atom stereocenters. The summed E-state index contributed by atoms with van der Waals surface area (Å²) in [4.78, 5) is 11.9. The first-order valence-electron chi connectivity index (χ1n) is 7.19. The largest absolute Gasteiger partial charge is 0.524 e. The predicted molar refractivity (Wildman–Crippen MR) is 78.0 cm³/mol. The van der Waals surface area contributed by atoms with Crippen molar-refractivity contribution < 1.29 is 22.5 Å². The maximum absolute atomic E-state index is 13.7. The number of carbonyl (C=O) groups excluding carboxylic acids is 1. The highest BCUT2D eigenvalue weighted by atomic mass is 28.4. The first-order chi connectivity index (χ1) is 9.27. The number of carbonyl (C=O) groups is 1. The van der Waals surface area contributed by atoms with Gasteiger partial charge in [0.1, 0.15) is 0 Å². The summed E-state index contributed by atoms with van der Waals surface area (Å²) < 4.78 is 30.9. The normalized spacial score (nSPS) is 14.2. The number of hydrogen-bond acceptors (Lipinski definition) is 4. The molecule has 0 saturated carbocycles. The van der Waals surface area contributed by atoms with Crippen molar-refractivity contribution in [3.63, 3.8) is 0 Å². The van der Waals surface area contributed by atoms with Crippen LogP contribution in [0.5, 0.6) is 0 Å². The number of amides is 1. The minimum atomic E-state index is -3.07. The van der Waals surface area contributed by atoms with Crippen LogP contribution in [0.3, 0.4) is 0 Å². The predicted octanol–water partition coefficient (Wildman–Crippen LogP) is 2.22. The monoisotopic (exact) mass is 309 g/mol. The Morgan fingerprint density at radius 3 is 1.75 bits per heavy atom. The van der Waals surface area contributed by atoms with Crippen LogP contribution >= 0.6 is 0 Å². The van der Waals surface area contributed by atoms with Gasteiger partial charge in [-0.2, -0.15) is 0 Å². The Bertz CT molecular complexity index is 280. The van der Waals surface area contributed by atoms with Crippen molar-refractivity contribution in [2.75, 3.05) is 19.8 Å². The molecule has 0 heterocycles. The van der Waals surface area contributed by atoms with E-state index in [9.17, 15) is 9.18 Å². The molecule has 0 saturated heterocycles. The SMILES string of the molecule is CCO[Si](OCC)(OCC)C(CC)NC(=O)C(C)(C)F. The van der Waals surface area contributed by atoms with E-state index in [1.807, 2.05) is 27.7 Å². The van der Waals surface area contributed by atoms with Crippen LogP contribution in [0.1, 0.15) is 48.0 Å². The lowest BCUT2D eigenvalue weighted by molar-refractivity contribution is -0.131. The van der Waals surface area contributed by atoms with Gasteiger partial charge in [0, 0.05) is 19.8 Å². The van der Waals surface area contributed by atoms with Gasteiger partial charge in [0.2, 0.25) is 0 Å². The van der Waals surface area contributed by atoms with Gasteiger partial charge in [0.15, 0.2) is 5.67 Å². The summed E-state index contributed by atoms with van der Waals surface area (Å²) >= 11 is 0. The first-order valence-corrected chi connectivity index (χ1v) is 8.99. The smallest absolute Gasteiger partial charge is 0.373 e. The van der Waals surface area contributed by atoms with Crippen molar-refractivity contribution >= 4 is 14.7 Å². The molecule has 1 amide bonds. The molecule has 0 aliphatic carbocycles. The molecular formula is C13H28FNO4Si. The van der Waals surface area contributed by atoms with E-state index in [4.69, 9.17) is 13.3 Å². The summed E-state index contributed by atoms with van der Waals surface area (Å²) in [6.45, 7) is 11.1. The van der Waals surface area contributed by atoms with Crippen molar-refractivity contribution in [3.05, 3.63) is 0 Å². The van der Waals surface area contributed by atoms with Gasteiger partial charge >= 0.3 is 8.80 Å². The molecule has 5 nitrogen and oxygen atoms in total. The van der Waals surface area contributed by atoms with E-state index < -0.39 is 26.0 Å². The maximum Gasteiger partial charge on any atom is 0.524 e. The maximum atomic E-state index is 13.7. The molecule has 0 aliphatic heterocycles. The van der Waals surface area contributed by atoms with Crippen molar-refractivity contribution in [2.45, 2.75) is 59.3 Å². The Morgan fingerprint density at radius 2 is 1.50 bits per heavy atom. The molecule has 7 heteroatoms. The lowest BCUT2D eigenvalue weighted by Crippen LogP contribution is -2.64. The summed E-state index contributed by atoms with van der Waals surface area (Å²) in [6, 6.07) is 0. The molecular weight excluding hydrogens is 281 g/mol. The van der Waals surface area contributed by atoms with E-state index in [1.165, 1.54) is 13.8 Å². The standard InChI is InChI=1S/C13H28FNO4Si/c1-7-11(15-12(16)13(5,6)14)20(17-8-2,18-9-3)19-10-4/h11H,7-10H2,1-6H3,(H,15,16). The quantitative estimate of drug-likeness (QED) is 0.629. The molecule has 0 rings (SSSR count). The highest BCUT2D eigenvalue weighted by molar-refractivity contribution is 6.62. The molecule has 120 valence electrons. The molecule has 20 heavy (non-hydrogen) atoms. The van der Waals surface area contributed by atoms with Crippen LogP contribution in [0, 0.1) is 0 Å². The molecule has 0 fully saturated rings. The molecule has 0 aliphatic rings. The summed E-state index contributed by atoms with van der Waals surface area (Å²) in [7, 11) is -3.07. The van der Waals surface area contributed by atoms with Crippen molar-refractivity contribution in [2.24, 2.45) is 0 Å². The van der Waals surface area contributed by atoms with Gasteiger partial charge in [0.05, 0.1) is 5.67 Å². The number of alkyl halides is 1. The van der Waals surface area contributed by atoms with Crippen molar-refractivity contribution in [1.82, 2.24) is 5.32 Å². The highest BCUT2D eigenvalue weighted by Crippen LogP contribution is 2.19. The molecule has 0 bridgehead atoms. The molecule has 0 aromatic heterocycles. The zero-order valence-electron chi connectivity index (χ0n) is 13.4. The van der Waals surface area contributed by atoms with E-state index in [0.717, 1.165) is 0 Å². The van der Waals surface area contributed by atoms with Gasteiger partial charge in [0.25, 0.3) is 5.91 Å². The summed E-state index contributed by atoms with van der Waals surface area (Å²) in [5, 5.41) is 2.67. The average molecular weight is 309 g/mol. The van der Waals surface area contributed by atoms with Gasteiger partial charge in [-0.25, -0.2) is 4.39 Å². The third-order valence-corrected chi connectivity index (χ3v) is 6.20. The summed E-state index contributed by atoms with van der Waals surface area (Å²) in [5.41, 5.74) is -2.40. The molecule has 0 aromatic carbocycles. The van der Waals surface area contributed by atoms with Crippen LogP contribution in [0.25, 0.3) is 0 Å². The second-order valence-corrected chi connectivity index (χ2v) is 7.58. The molecule has 0 aromatic rings. The van der Waals surface area contributed by atoms with E-state index in [1.54, 1.807) is 0 Å². The van der Waals surface area contributed by atoms with Gasteiger partial charge < -0.3 is 18.6 Å². The average Bonchev–Trinajstić information content (AvgIpc) is 2.35. The molecule has 0 radical (unpaired) electrons. The van der Waals surface area contributed by atoms with Crippen molar-refractivity contribution in [3.8, 4) is 0 Å². The van der Waals surface area contributed by atoms with Gasteiger partial charge in [-0.1, -0.05) is 6.92 Å². The van der Waals surface area contributed by atoms with E-state index in [2.05, 4.69) is 5.32 Å². The third-order valence-electron chi connectivity index (χ3n) is 2.72. The second-order valence-electron chi connectivity index (χ2n) is 4.81. The minimum absolute atomic E-state index is 0.414. The molecule has 1 N–H and O–H groups in total. The van der Waals surface area contributed by atoms with Crippen LogP contribution < -0.4 is 5.32 Å². The minimum Gasteiger partial charge on any atom is -0.373 e. The number of rotatable bonds is 10. The summed E-state index contributed by atoms with van der Waals surface area (Å²) in [6.07, 6.45) is 0.550. The van der Waals surface area contributed by atoms with Gasteiger partial charge in [-0.3, -0.25) is 4.79 Å². The number of hydrogen-bond donors (Lipinski definition) is 1. The van der Waals surface area contributed by atoms with Crippen molar-refractivity contribution in [1.29, 1.82) is 0 Å².